The Labute approximate surface area is 115 Å². The molecule has 1 fully saturated rings. The molecule has 1 aliphatic heterocycles. The van der Waals surface area contributed by atoms with Crippen LogP contribution >= 0.6 is 0 Å². The quantitative estimate of drug-likeness (QED) is 0.882. The van der Waals surface area contributed by atoms with E-state index in [1.165, 1.54) is 0 Å². The monoisotopic (exact) mass is 267 g/mol. The average molecular weight is 267 g/mol. The van der Waals surface area contributed by atoms with Gasteiger partial charge in [0.05, 0.1) is 0 Å². The van der Waals surface area contributed by atoms with Crippen molar-refractivity contribution >= 4 is 0 Å². The van der Waals surface area contributed by atoms with Crippen molar-refractivity contribution in [1.82, 2.24) is 15.5 Å². The summed E-state index contributed by atoms with van der Waals surface area (Å²) in [6.45, 7) is 8.32. The van der Waals surface area contributed by atoms with E-state index in [1.807, 2.05) is 7.05 Å². The van der Waals surface area contributed by atoms with Crippen molar-refractivity contribution in [3.05, 3.63) is 11.7 Å². The summed E-state index contributed by atoms with van der Waals surface area (Å²) in [4.78, 5) is 4.50. The fourth-order valence-corrected chi connectivity index (χ4v) is 2.47. The minimum Gasteiger partial charge on any atom is -0.381 e. The van der Waals surface area contributed by atoms with Crippen LogP contribution in [0.25, 0.3) is 0 Å². The van der Waals surface area contributed by atoms with Gasteiger partial charge < -0.3 is 14.6 Å². The van der Waals surface area contributed by atoms with Crippen molar-refractivity contribution < 1.29 is 9.26 Å². The van der Waals surface area contributed by atoms with E-state index < -0.39 is 0 Å². The van der Waals surface area contributed by atoms with Gasteiger partial charge in [-0.2, -0.15) is 4.98 Å². The molecule has 0 amide bonds. The molecule has 1 aromatic heterocycles. The van der Waals surface area contributed by atoms with E-state index in [-0.39, 0.29) is 5.41 Å². The molecule has 2 atom stereocenters. The third-order valence-corrected chi connectivity index (χ3v) is 3.78. The second-order valence-corrected chi connectivity index (χ2v) is 6.45. The minimum atomic E-state index is 0.169. The van der Waals surface area contributed by atoms with Crippen molar-refractivity contribution in [1.29, 1.82) is 0 Å². The van der Waals surface area contributed by atoms with Gasteiger partial charge in [0.2, 0.25) is 5.89 Å². The Bertz CT molecular complexity index is 392. The molecule has 5 heteroatoms. The second-order valence-electron chi connectivity index (χ2n) is 6.45. The lowest BCUT2D eigenvalue weighted by Crippen LogP contribution is -2.39. The van der Waals surface area contributed by atoms with Crippen LogP contribution < -0.4 is 5.32 Å². The lowest BCUT2D eigenvalue weighted by Gasteiger charge is -2.29. The van der Waals surface area contributed by atoms with E-state index in [9.17, 15) is 0 Å². The maximum absolute atomic E-state index is 5.37. The first-order chi connectivity index (χ1) is 8.99. The van der Waals surface area contributed by atoms with Crippen LogP contribution in [0.15, 0.2) is 4.52 Å². The standard InChI is InChI=1S/C14H25N3O2/c1-14(2,3)11(15-4)8-13-16-12(17-19-13)7-10-5-6-18-9-10/h10-11,15H,5-9H2,1-4H3. The van der Waals surface area contributed by atoms with Crippen molar-refractivity contribution in [2.75, 3.05) is 20.3 Å². The Morgan fingerprint density at radius 2 is 2.21 bits per heavy atom. The largest absolute Gasteiger partial charge is 0.381 e. The summed E-state index contributed by atoms with van der Waals surface area (Å²) in [5, 5.41) is 7.40. The topological polar surface area (TPSA) is 60.2 Å². The average Bonchev–Trinajstić information content (AvgIpc) is 2.97. The molecule has 0 saturated carbocycles. The maximum atomic E-state index is 5.37. The molecular weight excluding hydrogens is 242 g/mol. The molecule has 0 spiro atoms. The number of ether oxygens (including phenoxy) is 1. The third-order valence-electron chi connectivity index (χ3n) is 3.78. The number of aromatic nitrogens is 2. The Morgan fingerprint density at radius 1 is 1.42 bits per heavy atom. The molecule has 2 unspecified atom stereocenters. The zero-order valence-corrected chi connectivity index (χ0v) is 12.4. The zero-order chi connectivity index (χ0) is 13.9. The van der Waals surface area contributed by atoms with Gasteiger partial charge in [0, 0.05) is 32.1 Å². The fraction of sp³-hybridized carbons (Fsp3) is 0.857. The molecule has 0 aliphatic carbocycles. The third kappa shape index (κ3) is 4.01. The first kappa shape index (κ1) is 14.5. The molecule has 2 heterocycles. The highest BCUT2D eigenvalue weighted by atomic mass is 16.5. The van der Waals surface area contributed by atoms with Crippen LogP contribution in [0.2, 0.25) is 0 Å². The highest BCUT2D eigenvalue weighted by Crippen LogP contribution is 2.22. The Morgan fingerprint density at radius 3 is 2.79 bits per heavy atom. The van der Waals surface area contributed by atoms with Gasteiger partial charge in [0.25, 0.3) is 0 Å². The van der Waals surface area contributed by atoms with E-state index in [0.29, 0.717) is 12.0 Å². The van der Waals surface area contributed by atoms with Crippen LogP contribution in [0.4, 0.5) is 0 Å². The molecule has 2 rings (SSSR count). The van der Waals surface area contributed by atoms with Gasteiger partial charge in [-0.1, -0.05) is 25.9 Å². The Kier molecular flexibility index (Phi) is 4.58. The van der Waals surface area contributed by atoms with Crippen molar-refractivity contribution in [3.8, 4) is 0 Å². The van der Waals surface area contributed by atoms with Crippen LogP contribution in [0.3, 0.4) is 0 Å². The summed E-state index contributed by atoms with van der Waals surface area (Å²) in [7, 11) is 1.98. The summed E-state index contributed by atoms with van der Waals surface area (Å²) in [5.74, 6) is 2.09. The molecule has 5 nitrogen and oxygen atoms in total. The molecular formula is C14H25N3O2. The molecule has 0 aromatic carbocycles. The van der Waals surface area contributed by atoms with Crippen molar-refractivity contribution in [2.45, 2.75) is 46.1 Å². The molecule has 19 heavy (non-hydrogen) atoms. The maximum Gasteiger partial charge on any atom is 0.228 e. The summed E-state index contributed by atoms with van der Waals surface area (Å²) in [6.07, 6.45) is 2.74. The van der Waals surface area contributed by atoms with Gasteiger partial charge in [0.15, 0.2) is 5.82 Å². The van der Waals surface area contributed by atoms with Gasteiger partial charge >= 0.3 is 0 Å². The first-order valence-electron chi connectivity index (χ1n) is 7.05. The summed E-state index contributed by atoms with van der Waals surface area (Å²) in [6, 6.07) is 0.329. The second kappa shape index (κ2) is 6.01. The smallest absolute Gasteiger partial charge is 0.228 e. The number of rotatable bonds is 5. The summed E-state index contributed by atoms with van der Waals surface area (Å²) < 4.78 is 10.7. The first-order valence-corrected chi connectivity index (χ1v) is 7.05. The van der Waals surface area contributed by atoms with E-state index in [4.69, 9.17) is 9.26 Å². The molecule has 0 bridgehead atoms. The van der Waals surface area contributed by atoms with Crippen LogP contribution in [0, 0.1) is 11.3 Å². The predicted molar refractivity (Wildman–Crippen MR) is 72.9 cm³/mol. The Balaban J connectivity index is 1.92. The van der Waals surface area contributed by atoms with Crippen LogP contribution in [0.5, 0.6) is 0 Å². The number of nitrogens with zero attached hydrogens (tertiary/aromatic N) is 2. The van der Waals surface area contributed by atoms with Gasteiger partial charge in [-0.05, 0) is 24.8 Å². The number of hydrogen-bond donors (Lipinski definition) is 1. The van der Waals surface area contributed by atoms with E-state index >= 15 is 0 Å². The number of nitrogens with one attached hydrogen (secondary N) is 1. The summed E-state index contributed by atoms with van der Waals surface area (Å²) >= 11 is 0. The molecule has 1 N–H and O–H groups in total. The van der Waals surface area contributed by atoms with Gasteiger partial charge in [-0.15, -0.1) is 0 Å². The Hall–Kier alpha value is -0.940. The van der Waals surface area contributed by atoms with Crippen LogP contribution in [-0.2, 0) is 17.6 Å². The lowest BCUT2D eigenvalue weighted by atomic mass is 9.85. The van der Waals surface area contributed by atoms with Crippen LogP contribution in [0.1, 0.15) is 38.9 Å². The van der Waals surface area contributed by atoms with Crippen molar-refractivity contribution in [2.24, 2.45) is 11.3 Å². The van der Waals surface area contributed by atoms with E-state index in [0.717, 1.165) is 44.2 Å². The zero-order valence-electron chi connectivity index (χ0n) is 12.4. The van der Waals surface area contributed by atoms with E-state index in [2.05, 4.69) is 36.2 Å². The van der Waals surface area contributed by atoms with Gasteiger partial charge in [-0.25, -0.2) is 0 Å². The molecule has 1 saturated heterocycles. The SMILES string of the molecule is CNC(Cc1nc(CC2CCOC2)no1)C(C)(C)C. The fourth-order valence-electron chi connectivity index (χ4n) is 2.47. The lowest BCUT2D eigenvalue weighted by molar-refractivity contribution is 0.185. The predicted octanol–water partition coefficient (Wildman–Crippen LogP) is 1.83. The number of likely N-dealkylation sites (N-methyl/N-ethyl adjacent to an activating group) is 1. The minimum absolute atomic E-state index is 0.169. The summed E-state index contributed by atoms with van der Waals surface area (Å²) in [5.41, 5.74) is 0.169. The molecule has 1 aromatic rings. The van der Waals surface area contributed by atoms with Gasteiger partial charge in [0.1, 0.15) is 0 Å². The highest BCUT2D eigenvalue weighted by molar-refractivity contribution is 4.94. The normalized spacial score (nSPS) is 21.8. The molecule has 1 aliphatic rings. The number of hydrogen-bond acceptors (Lipinski definition) is 5. The molecule has 0 radical (unpaired) electrons. The molecule has 108 valence electrons. The van der Waals surface area contributed by atoms with E-state index in [1.54, 1.807) is 0 Å². The van der Waals surface area contributed by atoms with Crippen LogP contribution in [-0.4, -0.2) is 36.4 Å². The van der Waals surface area contributed by atoms with Crippen molar-refractivity contribution in [3.63, 3.8) is 0 Å². The van der Waals surface area contributed by atoms with Gasteiger partial charge in [-0.3, -0.25) is 0 Å². The highest BCUT2D eigenvalue weighted by Gasteiger charge is 2.26.